The van der Waals surface area contributed by atoms with Gasteiger partial charge in [-0.15, -0.1) is 11.6 Å². The highest BCUT2D eigenvalue weighted by Gasteiger charge is 2.36. The number of nitrogens with zero attached hydrogens (tertiary/aromatic N) is 1. The van der Waals surface area contributed by atoms with Crippen molar-refractivity contribution < 1.29 is 28.6 Å². The molecular formula is C30H31Cl2FN2O5. The molecule has 0 aliphatic rings. The zero-order chi connectivity index (χ0) is 29.6. The molecule has 0 fully saturated rings. The summed E-state index contributed by atoms with van der Waals surface area (Å²) in [6.07, 6.45) is -0.946. The van der Waals surface area contributed by atoms with Gasteiger partial charge in [0.25, 0.3) is 0 Å². The number of halogens is 3. The highest BCUT2D eigenvalue weighted by atomic mass is 35.5. The van der Waals surface area contributed by atoms with Crippen molar-refractivity contribution in [2.75, 3.05) is 11.2 Å². The lowest BCUT2D eigenvalue weighted by Gasteiger charge is -2.39. The van der Waals surface area contributed by atoms with E-state index in [0.717, 1.165) is 10.5 Å². The number of hydrogen-bond acceptors (Lipinski definition) is 4. The number of hydrogen-bond donors (Lipinski definition) is 2. The van der Waals surface area contributed by atoms with Crippen molar-refractivity contribution in [1.82, 2.24) is 4.90 Å². The van der Waals surface area contributed by atoms with Crippen LogP contribution in [0.2, 0.25) is 5.02 Å². The van der Waals surface area contributed by atoms with Crippen LogP contribution in [0.3, 0.4) is 0 Å². The number of amides is 2. The van der Waals surface area contributed by atoms with Crippen LogP contribution in [-0.2, 0) is 11.4 Å². The van der Waals surface area contributed by atoms with Gasteiger partial charge in [0.1, 0.15) is 24.1 Å². The van der Waals surface area contributed by atoms with E-state index in [2.05, 4.69) is 5.32 Å². The van der Waals surface area contributed by atoms with E-state index in [1.807, 2.05) is 30.3 Å². The minimum absolute atomic E-state index is 0.0409. The Kier molecular flexibility index (Phi) is 10.2. The van der Waals surface area contributed by atoms with Gasteiger partial charge >= 0.3 is 6.09 Å². The van der Waals surface area contributed by atoms with Gasteiger partial charge in [-0.2, -0.15) is 0 Å². The average Bonchev–Trinajstić information content (AvgIpc) is 2.90. The fourth-order valence-electron chi connectivity index (χ4n) is 4.41. The number of nitrogens with one attached hydrogen (secondary N) is 1. The predicted molar refractivity (Wildman–Crippen MR) is 154 cm³/mol. The lowest BCUT2D eigenvalue weighted by atomic mass is 9.92. The molecule has 3 rings (SSSR count). The van der Waals surface area contributed by atoms with Crippen molar-refractivity contribution in [3.8, 4) is 5.75 Å². The molecule has 2 N–H and O–H groups in total. The maximum atomic E-state index is 16.1. The highest BCUT2D eigenvalue weighted by molar-refractivity contribution is 6.35. The van der Waals surface area contributed by atoms with E-state index in [1.165, 1.54) is 30.3 Å². The molecule has 0 aromatic heterocycles. The molecule has 212 valence electrons. The molecule has 0 radical (unpaired) electrons. The Bertz CT molecular complexity index is 1390. The molecule has 0 spiro atoms. The Hall–Kier alpha value is -3.62. The van der Waals surface area contributed by atoms with Crippen molar-refractivity contribution in [3.05, 3.63) is 93.8 Å². The minimum Gasteiger partial charge on any atom is -0.487 e. The van der Waals surface area contributed by atoms with E-state index in [0.29, 0.717) is 0 Å². The summed E-state index contributed by atoms with van der Waals surface area (Å²) in [4.78, 5) is 38.9. The fourth-order valence-corrected chi connectivity index (χ4v) is 4.71. The van der Waals surface area contributed by atoms with Crippen molar-refractivity contribution >= 4 is 46.7 Å². The van der Waals surface area contributed by atoms with Crippen molar-refractivity contribution in [2.24, 2.45) is 0 Å². The first-order chi connectivity index (χ1) is 18.9. The van der Waals surface area contributed by atoms with Crippen LogP contribution in [0.25, 0.3) is 0 Å². The van der Waals surface area contributed by atoms with E-state index in [-0.39, 0.29) is 52.1 Å². The highest BCUT2D eigenvalue weighted by Crippen LogP contribution is 2.37. The zero-order valence-electron chi connectivity index (χ0n) is 22.6. The molecule has 3 aromatic carbocycles. The third-order valence-corrected chi connectivity index (χ3v) is 6.77. The van der Waals surface area contributed by atoms with E-state index < -0.39 is 35.2 Å². The van der Waals surface area contributed by atoms with Crippen LogP contribution >= 0.6 is 23.2 Å². The van der Waals surface area contributed by atoms with E-state index in [1.54, 1.807) is 27.7 Å². The Labute approximate surface area is 242 Å². The molecule has 0 aliphatic carbocycles. The van der Waals surface area contributed by atoms with Crippen LogP contribution in [0.15, 0.2) is 60.7 Å². The lowest BCUT2D eigenvalue weighted by Crippen LogP contribution is -2.47. The molecule has 0 unspecified atom stereocenters. The molecule has 0 heterocycles. The Morgan fingerprint density at radius 3 is 2.33 bits per heavy atom. The first kappa shape index (κ1) is 30.9. The molecule has 7 nitrogen and oxygen atoms in total. The van der Waals surface area contributed by atoms with Crippen molar-refractivity contribution in [1.29, 1.82) is 0 Å². The monoisotopic (exact) mass is 588 g/mol. The number of ether oxygens (including phenoxy) is 1. The SMILES string of the molecule is CC[C@H](c1ccc(Cl)c(C(=O)c2ccc(NC(=O)CCl)c(OCc3ccccc3)c2)c1F)N(C(=O)O)C(C)(C)C. The second-order valence-corrected chi connectivity index (χ2v) is 10.7. The summed E-state index contributed by atoms with van der Waals surface area (Å²) in [5, 5.41) is 12.4. The van der Waals surface area contributed by atoms with Gasteiger partial charge in [0.2, 0.25) is 5.91 Å². The summed E-state index contributed by atoms with van der Waals surface area (Å²) in [6.45, 7) is 7.02. The third-order valence-electron chi connectivity index (χ3n) is 6.21. The van der Waals surface area contributed by atoms with E-state index >= 15 is 4.39 Å². The summed E-state index contributed by atoms with van der Waals surface area (Å²) < 4.78 is 22.0. The molecular weight excluding hydrogens is 558 g/mol. The number of ketones is 1. The number of anilines is 1. The summed E-state index contributed by atoms with van der Waals surface area (Å²) in [6, 6.07) is 15.5. The zero-order valence-corrected chi connectivity index (χ0v) is 24.1. The number of carboxylic acid groups (broad SMARTS) is 1. The summed E-state index contributed by atoms with van der Waals surface area (Å²) in [7, 11) is 0. The number of rotatable bonds is 10. The van der Waals surface area contributed by atoms with Gasteiger partial charge < -0.3 is 15.2 Å². The molecule has 0 saturated carbocycles. The normalized spacial score (nSPS) is 12.0. The Balaban J connectivity index is 2.06. The minimum atomic E-state index is -1.21. The predicted octanol–water partition coefficient (Wildman–Crippen LogP) is 7.70. The smallest absolute Gasteiger partial charge is 0.408 e. The molecule has 0 bridgehead atoms. The van der Waals surface area contributed by atoms with Gasteiger partial charge in [-0.1, -0.05) is 54.9 Å². The molecule has 2 amide bonds. The van der Waals surface area contributed by atoms with Crippen LogP contribution < -0.4 is 10.1 Å². The lowest BCUT2D eigenvalue weighted by molar-refractivity contribution is -0.113. The standard InChI is InChI=1S/C30H31Cl2FN2O5/c1-5-23(35(29(38)39)30(2,3)4)20-12-13-21(32)26(27(20)33)28(37)19-11-14-22(34-25(36)16-31)24(15-19)40-17-18-9-7-6-8-10-18/h6-15,23H,5,16-17H2,1-4H3,(H,34,36)(H,38,39)/t23-/m1/s1. The van der Waals surface area contributed by atoms with Crippen LogP contribution in [0.1, 0.15) is 67.2 Å². The van der Waals surface area contributed by atoms with Crippen molar-refractivity contribution in [3.63, 3.8) is 0 Å². The number of carbonyl (C=O) groups excluding carboxylic acids is 2. The summed E-state index contributed by atoms with van der Waals surface area (Å²) in [5.41, 5.74) is 0.0121. The van der Waals surface area contributed by atoms with Gasteiger partial charge in [0.15, 0.2) is 5.78 Å². The Morgan fingerprint density at radius 1 is 1.07 bits per heavy atom. The number of alkyl halides is 1. The molecule has 40 heavy (non-hydrogen) atoms. The van der Waals surface area contributed by atoms with E-state index in [9.17, 15) is 19.5 Å². The second-order valence-electron chi connectivity index (χ2n) is 10.1. The third kappa shape index (κ3) is 7.11. The maximum absolute atomic E-state index is 16.1. The van der Waals surface area contributed by atoms with E-state index in [4.69, 9.17) is 27.9 Å². The first-order valence-corrected chi connectivity index (χ1v) is 13.5. The largest absolute Gasteiger partial charge is 0.487 e. The van der Waals surface area contributed by atoms with Gasteiger partial charge in [-0.3, -0.25) is 14.5 Å². The molecule has 0 aliphatic heterocycles. The summed E-state index contributed by atoms with van der Waals surface area (Å²) in [5.74, 6) is -2.20. The van der Waals surface area contributed by atoms with Crippen LogP contribution in [0.4, 0.5) is 14.9 Å². The number of carbonyl (C=O) groups is 3. The van der Waals surface area contributed by atoms with Crippen LogP contribution in [-0.4, -0.2) is 39.2 Å². The molecule has 10 heteroatoms. The van der Waals surface area contributed by atoms with Gasteiger partial charge in [-0.05, 0) is 57.0 Å². The van der Waals surface area contributed by atoms with Gasteiger partial charge in [-0.25, -0.2) is 9.18 Å². The fraction of sp³-hybridized carbons (Fsp3) is 0.300. The molecule has 1 atom stereocenters. The quantitative estimate of drug-likeness (QED) is 0.187. The van der Waals surface area contributed by atoms with Gasteiger partial charge in [0.05, 0.1) is 22.3 Å². The first-order valence-electron chi connectivity index (χ1n) is 12.6. The van der Waals surface area contributed by atoms with Crippen molar-refractivity contribution in [2.45, 2.75) is 52.3 Å². The number of benzene rings is 3. The Morgan fingerprint density at radius 2 is 1.75 bits per heavy atom. The molecule has 3 aromatic rings. The van der Waals surface area contributed by atoms with Crippen LogP contribution in [0, 0.1) is 5.82 Å². The molecule has 0 saturated heterocycles. The summed E-state index contributed by atoms with van der Waals surface area (Å²) >= 11 is 12.0. The average molecular weight is 589 g/mol. The maximum Gasteiger partial charge on any atom is 0.408 e. The van der Waals surface area contributed by atoms with Crippen LogP contribution in [0.5, 0.6) is 5.75 Å². The topological polar surface area (TPSA) is 95.9 Å². The van der Waals surface area contributed by atoms with Gasteiger partial charge in [0, 0.05) is 16.7 Å². The second kappa shape index (κ2) is 13.2.